The first-order valence-corrected chi connectivity index (χ1v) is 4.69. The summed E-state index contributed by atoms with van der Waals surface area (Å²) in [5.74, 6) is -0.742. The molecule has 0 saturated heterocycles. The van der Waals surface area contributed by atoms with Crippen LogP contribution in [-0.4, -0.2) is 40.9 Å². The van der Waals surface area contributed by atoms with Crippen molar-refractivity contribution in [2.24, 2.45) is 5.73 Å². The fourth-order valence-corrected chi connectivity index (χ4v) is 1.10. The fraction of sp³-hybridized carbons (Fsp3) is 0.625. The largest absolute Gasteiger partial charge is 0.465 e. The van der Waals surface area contributed by atoms with Crippen molar-refractivity contribution in [3.63, 3.8) is 0 Å². The van der Waals surface area contributed by atoms with Gasteiger partial charge in [-0.2, -0.15) is 0 Å². The number of carboxylic acid groups (broad SMARTS) is 2. The van der Waals surface area contributed by atoms with Gasteiger partial charge in [-0.15, -0.1) is 0 Å². The topological polar surface area (TPSA) is 142 Å². The van der Waals surface area contributed by atoms with E-state index < -0.39 is 24.1 Å². The SMILES string of the molecule is NC(=O)C(CCCCNC(=O)O)NC(=O)O. The van der Waals surface area contributed by atoms with Gasteiger partial charge in [0.15, 0.2) is 0 Å². The molecule has 0 rings (SSSR count). The Morgan fingerprint density at radius 2 is 1.75 bits per heavy atom. The summed E-state index contributed by atoms with van der Waals surface area (Å²) in [5, 5.41) is 20.8. The molecule has 6 N–H and O–H groups in total. The molecule has 0 saturated carbocycles. The molecule has 0 aliphatic heterocycles. The zero-order valence-electron chi connectivity index (χ0n) is 8.60. The summed E-state index contributed by atoms with van der Waals surface area (Å²) in [6.07, 6.45) is -1.17. The van der Waals surface area contributed by atoms with E-state index in [1.54, 1.807) is 0 Å². The Labute approximate surface area is 91.8 Å². The van der Waals surface area contributed by atoms with Crippen molar-refractivity contribution in [2.45, 2.75) is 25.3 Å². The van der Waals surface area contributed by atoms with Crippen LogP contribution in [0.5, 0.6) is 0 Å². The van der Waals surface area contributed by atoms with Crippen molar-refractivity contribution in [2.75, 3.05) is 6.54 Å². The highest BCUT2D eigenvalue weighted by Gasteiger charge is 2.16. The normalized spacial score (nSPS) is 11.5. The Balaban J connectivity index is 3.72. The molecule has 92 valence electrons. The monoisotopic (exact) mass is 233 g/mol. The summed E-state index contributed by atoms with van der Waals surface area (Å²) in [7, 11) is 0. The van der Waals surface area contributed by atoms with E-state index in [4.69, 9.17) is 15.9 Å². The first-order valence-electron chi connectivity index (χ1n) is 4.69. The molecule has 8 nitrogen and oxygen atoms in total. The minimum Gasteiger partial charge on any atom is -0.465 e. The summed E-state index contributed by atoms with van der Waals surface area (Å²) in [6.45, 7) is 0.258. The van der Waals surface area contributed by atoms with Crippen LogP contribution in [0, 0.1) is 0 Å². The molecule has 1 atom stereocenters. The molecule has 8 heteroatoms. The highest BCUT2D eigenvalue weighted by molar-refractivity contribution is 5.83. The molecule has 0 radical (unpaired) electrons. The smallest absolute Gasteiger partial charge is 0.405 e. The first kappa shape index (κ1) is 14.0. The molecule has 0 fully saturated rings. The van der Waals surface area contributed by atoms with Crippen molar-refractivity contribution in [1.82, 2.24) is 10.6 Å². The molecule has 3 amide bonds. The van der Waals surface area contributed by atoms with Crippen LogP contribution < -0.4 is 16.4 Å². The van der Waals surface area contributed by atoms with E-state index in [0.717, 1.165) is 0 Å². The number of nitrogens with two attached hydrogens (primary N) is 1. The van der Waals surface area contributed by atoms with E-state index in [0.29, 0.717) is 12.8 Å². The average molecular weight is 233 g/mol. The predicted octanol–water partition coefficient (Wildman–Crippen LogP) is -0.454. The Kier molecular flexibility index (Phi) is 6.41. The molecule has 0 spiro atoms. The molecule has 0 aliphatic carbocycles. The van der Waals surface area contributed by atoms with Crippen LogP contribution in [0.25, 0.3) is 0 Å². The van der Waals surface area contributed by atoms with Crippen LogP contribution >= 0.6 is 0 Å². The number of carbonyl (C=O) groups is 3. The van der Waals surface area contributed by atoms with Gasteiger partial charge in [0.05, 0.1) is 0 Å². The van der Waals surface area contributed by atoms with Crippen LogP contribution in [0.1, 0.15) is 19.3 Å². The second-order valence-corrected chi connectivity index (χ2v) is 3.13. The molecule has 0 aromatic heterocycles. The van der Waals surface area contributed by atoms with E-state index in [9.17, 15) is 14.4 Å². The van der Waals surface area contributed by atoms with E-state index in [1.165, 1.54) is 0 Å². The third-order valence-corrected chi connectivity index (χ3v) is 1.84. The van der Waals surface area contributed by atoms with Gasteiger partial charge in [-0.3, -0.25) is 4.79 Å². The zero-order chi connectivity index (χ0) is 12.6. The van der Waals surface area contributed by atoms with Crippen molar-refractivity contribution in [3.8, 4) is 0 Å². The maximum atomic E-state index is 10.8. The quantitative estimate of drug-likeness (QED) is 0.378. The van der Waals surface area contributed by atoms with E-state index in [1.807, 2.05) is 5.32 Å². The summed E-state index contributed by atoms with van der Waals surface area (Å²) in [4.78, 5) is 31.2. The molecule has 0 bridgehead atoms. The second kappa shape index (κ2) is 7.32. The molecule has 1 unspecified atom stereocenters. The Bertz CT molecular complexity index is 268. The summed E-state index contributed by atoms with van der Waals surface area (Å²) >= 11 is 0. The maximum Gasteiger partial charge on any atom is 0.405 e. The lowest BCUT2D eigenvalue weighted by atomic mass is 10.1. The first-order chi connectivity index (χ1) is 7.43. The summed E-state index contributed by atoms with van der Waals surface area (Å²) in [5.41, 5.74) is 4.97. The van der Waals surface area contributed by atoms with Gasteiger partial charge in [0.1, 0.15) is 6.04 Å². The van der Waals surface area contributed by atoms with Crippen molar-refractivity contribution >= 4 is 18.1 Å². The molecule has 0 aliphatic rings. The molecular weight excluding hydrogens is 218 g/mol. The van der Waals surface area contributed by atoms with Crippen LogP contribution in [0.15, 0.2) is 0 Å². The van der Waals surface area contributed by atoms with E-state index in [-0.39, 0.29) is 13.0 Å². The Hall–Kier alpha value is -1.99. The lowest BCUT2D eigenvalue weighted by molar-refractivity contribution is -0.120. The van der Waals surface area contributed by atoms with Crippen molar-refractivity contribution < 1.29 is 24.6 Å². The van der Waals surface area contributed by atoms with E-state index >= 15 is 0 Å². The molecule has 16 heavy (non-hydrogen) atoms. The van der Waals surface area contributed by atoms with Gasteiger partial charge < -0.3 is 26.6 Å². The second-order valence-electron chi connectivity index (χ2n) is 3.13. The minimum absolute atomic E-state index is 0.253. The predicted molar refractivity (Wildman–Crippen MR) is 54.0 cm³/mol. The van der Waals surface area contributed by atoms with Gasteiger partial charge in [0.2, 0.25) is 5.91 Å². The molecule has 0 aromatic rings. The van der Waals surface area contributed by atoms with Crippen LogP contribution in [0.2, 0.25) is 0 Å². The van der Waals surface area contributed by atoms with Gasteiger partial charge in [-0.1, -0.05) is 0 Å². The zero-order valence-corrected chi connectivity index (χ0v) is 8.60. The average Bonchev–Trinajstić information content (AvgIpc) is 2.14. The van der Waals surface area contributed by atoms with Gasteiger partial charge >= 0.3 is 12.2 Å². The maximum absolute atomic E-state index is 10.8. The van der Waals surface area contributed by atoms with E-state index in [2.05, 4.69) is 5.32 Å². The fourth-order valence-electron chi connectivity index (χ4n) is 1.10. The highest BCUT2D eigenvalue weighted by atomic mass is 16.4. The lowest BCUT2D eigenvalue weighted by Crippen LogP contribution is -2.43. The number of hydrogen-bond acceptors (Lipinski definition) is 3. The number of amides is 3. The standard InChI is InChI=1S/C8H15N3O5/c9-6(12)5(11-8(15)16)3-1-2-4-10-7(13)14/h5,10-11H,1-4H2,(H2,9,12)(H,13,14)(H,15,16). The number of hydrogen-bond donors (Lipinski definition) is 5. The van der Waals surface area contributed by atoms with Gasteiger partial charge in [-0.25, -0.2) is 9.59 Å². The Morgan fingerprint density at radius 1 is 1.12 bits per heavy atom. The van der Waals surface area contributed by atoms with Crippen molar-refractivity contribution in [3.05, 3.63) is 0 Å². The third kappa shape index (κ3) is 7.42. The van der Waals surface area contributed by atoms with Gasteiger partial charge in [0, 0.05) is 6.54 Å². The number of carbonyl (C=O) groups excluding carboxylic acids is 1. The molecule has 0 aromatic carbocycles. The molecule has 0 heterocycles. The van der Waals surface area contributed by atoms with Gasteiger partial charge in [-0.05, 0) is 19.3 Å². The summed E-state index contributed by atoms with van der Waals surface area (Å²) < 4.78 is 0. The van der Waals surface area contributed by atoms with Gasteiger partial charge in [0.25, 0.3) is 0 Å². The third-order valence-electron chi connectivity index (χ3n) is 1.84. The molecular formula is C8H15N3O5. The lowest BCUT2D eigenvalue weighted by Gasteiger charge is -2.12. The minimum atomic E-state index is -1.31. The number of nitrogens with one attached hydrogen (secondary N) is 2. The highest BCUT2D eigenvalue weighted by Crippen LogP contribution is 2.00. The number of unbranched alkanes of at least 4 members (excludes halogenated alkanes) is 1. The van der Waals surface area contributed by atoms with Crippen LogP contribution in [0.3, 0.4) is 0 Å². The van der Waals surface area contributed by atoms with Crippen LogP contribution in [0.4, 0.5) is 9.59 Å². The summed E-state index contributed by atoms with van der Waals surface area (Å²) in [6, 6.07) is -0.928. The Morgan fingerprint density at radius 3 is 2.19 bits per heavy atom. The number of rotatable bonds is 7. The van der Waals surface area contributed by atoms with Crippen LogP contribution in [-0.2, 0) is 4.79 Å². The number of primary amides is 1. The van der Waals surface area contributed by atoms with Crippen molar-refractivity contribution in [1.29, 1.82) is 0 Å².